The summed E-state index contributed by atoms with van der Waals surface area (Å²) in [5.41, 5.74) is 7.56. The molecule has 16 heavy (non-hydrogen) atoms. The Bertz CT molecular complexity index is 501. The molecule has 6 heteroatoms. The van der Waals surface area contributed by atoms with Gasteiger partial charge in [0.05, 0.1) is 5.69 Å². The van der Waals surface area contributed by atoms with Crippen molar-refractivity contribution in [3.63, 3.8) is 0 Å². The van der Waals surface area contributed by atoms with Gasteiger partial charge in [0.2, 0.25) is 0 Å². The number of nitrogen functional groups attached to an aromatic ring is 1. The molecule has 0 aromatic carbocycles. The van der Waals surface area contributed by atoms with E-state index in [0.29, 0.717) is 18.2 Å². The molecule has 0 amide bonds. The molecule has 0 unspecified atom stereocenters. The average Bonchev–Trinajstić information content (AvgIpc) is 2.64. The van der Waals surface area contributed by atoms with Gasteiger partial charge in [0.15, 0.2) is 5.82 Å². The summed E-state index contributed by atoms with van der Waals surface area (Å²) in [5.74, 6) is 1.05. The van der Waals surface area contributed by atoms with Gasteiger partial charge in [-0.05, 0) is 15.9 Å². The molecule has 0 spiro atoms. The zero-order chi connectivity index (χ0) is 11.5. The van der Waals surface area contributed by atoms with Crippen LogP contribution in [0.1, 0.15) is 5.82 Å². The summed E-state index contributed by atoms with van der Waals surface area (Å²) in [5, 5.41) is 4.02. The van der Waals surface area contributed by atoms with Crippen LogP contribution in [0.5, 0.6) is 0 Å². The lowest BCUT2D eigenvalue weighted by Gasteiger charge is -2.04. The lowest BCUT2D eigenvalue weighted by atomic mass is 10.2. The Balaban J connectivity index is 2.45. The minimum atomic E-state index is 0.361. The van der Waals surface area contributed by atoms with Crippen molar-refractivity contribution < 1.29 is 4.74 Å². The first kappa shape index (κ1) is 11.5. The molecule has 2 aromatic heterocycles. The van der Waals surface area contributed by atoms with E-state index in [0.717, 1.165) is 15.7 Å². The highest BCUT2D eigenvalue weighted by Crippen LogP contribution is 2.30. The highest BCUT2D eigenvalue weighted by atomic mass is 79.9. The van der Waals surface area contributed by atoms with Gasteiger partial charge in [-0.15, -0.1) is 0 Å². The van der Waals surface area contributed by atoms with Crippen LogP contribution in [-0.4, -0.2) is 17.1 Å². The van der Waals surface area contributed by atoms with E-state index in [2.05, 4.69) is 25.9 Å². The van der Waals surface area contributed by atoms with E-state index in [-0.39, 0.29) is 0 Å². The van der Waals surface area contributed by atoms with Gasteiger partial charge in [-0.25, -0.2) is 9.97 Å². The van der Waals surface area contributed by atoms with Crippen molar-refractivity contribution in [3.05, 3.63) is 27.1 Å². The predicted molar refractivity (Wildman–Crippen MR) is 68.2 cm³/mol. The number of nitrogens with zero attached hydrogens (tertiary/aromatic N) is 2. The molecule has 4 nitrogen and oxygen atoms in total. The zero-order valence-corrected chi connectivity index (χ0v) is 11.0. The van der Waals surface area contributed by atoms with E-state index in [1.807, 2.05) is 10.8 Å². The number of nitrogens with two attached hydrogens (primary N) is 1. The van der Waals surface area contributed by atoms with E-state index < -0.39 is 0 Å². The Hall–Kier alpha value is -0.980. The first-order chi connectivity index (χ1) is 7.70. The molecule has 2 heterocycles. The molecule has 0 aliphatic heterocycles. The van der Waals surface area contributed by atoms with E-state index in [1.54, 1.807) is 24.5 Å². The van der Waals surface area contributed by atoms with Crippen molar-refractivity contribution in [2.24, 2.45) is 0 Å². The number of anilines is 1. The third-order valence-electron chi connectivity index (χ3n) is 1.96. The van der Waals surface area contributed by atoms with Gasteiger partial charge in [0.25, 0.3) is 0 Å². The minimum absolute atomic E-state index is 0.361. The SMILES string of the molecule is COCc1nc(N)cc(-c2cscc2Br)n1. The van der Waals surface area contributed by atoms with Crippen molar-refractivity contribution in [3.8, 4) is 11.3 Å². The average molecular weight is 300 g/mol. The number of hydrogen-bond acceptors (Lipinski definition) is 5. The van der Waals surface area contributed by atoms with Crippen LogP contribution in [0.3, 0.4) is 0 Å². The number of ether oxygens (including phenoxy) is 1. The molecular weight excluding hydrogens is 290 g/mol. The lowest BCUT2D eigenvalue weighted by Crippen LogP contribution is -2.02. The van der Waals surface area contributed by atoms with Crippen LogP contribution in [0.25, 0.3) is 11.3 Å². The molecule has 0 saturated carbocycles. The van der Waals surface area contributed by atoms with Gasteiger partial charge >= 0.3 is 0 Å². The van der Waals surface area contributed by atoms with Gasteiger partial charge in [0, 0.05) is 34.0 Å². The van der Waals surface area contributed by atoms with Crippen LogP contribution >= 0.6 is 27.3 Å². The highest BCUT2D eigenvalue weighted by Gasteiger charge is 2.08. The van der Waals surface area contributed by atoms with Crippen LogP contribution in [0.4, 0.5) is 5.82 Å². The fourth-order valence-corrected chi connectivity index (χ4v) is 2.80. The van der Waals surface area contributed by atoms with E-state index in [4.69, 9.17) is 10.5 Å². The second-order valence-electron chi connectivity index (χ2n) is 3.16. The standard InChI is InChI=1S/C10H10BrN3OS/c1-15-3-10-13-8(2-9(12)14-10)6-4-16-5-7(6)11/h2,4-5H,3H2,1H3,(H2,12,13,14). The van der Waals surface area contributed by atoms with E-state index in [1.165, 1.54) is 0 Å². The first-order valence-corrected chi connectivity index (χ1v) is 6.28. The third kappa shape index (κ3) is 2.40. The number of aromatic nitrogens is 2. The summed E-state index contributed by atoms with van der Waals surface area (Å²) in [7, 11) is 1.60. The van der Waals surface area contributed by atoms with Gasteiger partial charge < -0.3 is 10.5 Å². The van der Waals surface area contributed by atoms with Gasteiger partial charge in [-0.2, -0.15) is 11.3 Å². The Morgan fingerprint density at radius 2 is 2.25 bits per heavy atom. The molecule has 84 valence electrons. The Labute approximate surface area is 106 Å². The molecule has 2 aromatic rings. The maximum absolute atomic E-state index is 5.73. The van der Waals surface area contributed by atoms with Crippen molar-refractivity contribution in [1.29, 1.82) is 0 Å². The third-order valence-corrected chi connectivity index (χ3v) is 3.66. The lowest BCUT2D eigenvalue weighted by molar-refractivity contribution is 0.178. The topological polar surface area (TPSA) is 61.0 Å². The number of halogens is 1. The molecular formula is C10H10BrN3OS. The minimum Gasteiger partial charge on any atom is -0.384 e. The predicted octanol–water partition coefficient (Wildman–Crippen LogP) is 2.70. The maximum Gasteiger partial charge on any atom is 0.157 e. The number of methoxy groups -OCH3 is 1. The number of hydrogen-bond donors (Lipinski definition) is 1. The smallest absolute Gasteiger partial charge is 0.157 e. The van der Waals surface area contributed by atoms with E-state index >= 15 is 0 Å². The van der Waals surface area contributed by atoms with Gasteiger partial charge in [-0.1, -0.05) is 0 Å². The van der Waals surface area contributed by atoms with Gasteiger partial charge in [-0.3, -0.25) is 0 Å². The summed E-state index contributed by atoms with van der Waals surface area (Å²) in [6.07, 6.45) is 0. The van der Waals surface area contributed by atoms with Crippen LogP contribution < -0.4 is 5.73 Å². The molecule has 0 bridgehead atoms. The molecule has 0 saturated heterocycles. The van der Waals surface area contributed by atoms with Crippen molar-refractivity contribution in [2.75, 3.05) is 12.8 Å². The largest absolute Gasteiger partial charge is 0.384 e. The van der Waals surface area contributed by atoms with Crippen LogP contribution in [0, 0.1) is 0 Å². The number of rotatable bonds is 3. The summed E-state index contributed by atoms with van der Waals surface area (Å²) in [6, 6.07) is 1.76. The number of thiophene rings is 1. The van der Waals surface area contributed by atoms with E-state index in [9.17, 15) is 0 Å². The Kier molecular flexibility index (Phi) is 3.52. The molecule has 2 rings (SSSR count). The Morgan fingerprint density at radius 3 is 2.88 bits per heavy atom. The van der Waals surface area contributed by atoms with Gasteiger partial charge in [0.1, 0.15) is 12.4 Å². The molecule has 0 fully saturated rings. The Morgan fingerprint density at radius 1 is 1.44 bits per heavy atom. The van der Waals surface area contributed by atoms with Crippen LogP contribution in [-0.2, 0) is 11.3 Å². The van der Waals surface area contributed by atoms with Crippen LogP contribution in [0.2, 0.25) is 0 Å². The highest BCUT2D eigenvalue weighted by molar-refractivity contribution is 9.10. The maximum atomic E-state index is 5.73. The van der Waals surface area contributed by atoms with Crippen molar-refractivity contribution in [1.82, 2.24) is 9.97 Å². The first-order valence-electron chi connectivity index (χ1n) is 4.55. The second-order valence-corrected chi connectivity index (χ2v) is 4.76. The summed E-state index contributed by atoms with van der Waals surface area (Å²) in [4.78, 5) is 8.48. The monoisotopic (exact) mass is 299 g/mol. The molecule has 0 aliphatic carbocycles. The molecule has 0 atom stereocenters. The molecule has 0 aliphatic rings. The quantitative estimate of drug-likeness (QED) is 0.946. The normalized spacial score (nSPS) is 10.6. The summed E-state index contributed by atoms with van der Waals surface area (Å²) >= 11 is 5.08. The second kappa shape index (κ2) is 4.90. The molecule has 2 N–H and O–H groups in total. The summed E-state index contributed by atoms with van der Waals surface area (Å²) in [6.45, 7) is 0.361. The van der Waals surface area contributed by atoms with Crippen LogP contribution in [0.15, 0.2) is 21.3 Å². The van der Waals surface area contributed by atoms with Crippen molar-refractivity contribution in [2.45, 2.75) is 6.61 Å². The molecule has 0 radical (unpaired) electrons. The fraction of sp³-hybridized carbons (Fsp3) is 0.200. The summed E-state index contributed by atoms with van der Waals surface area (Å²) < 4.78 is 6.01. The zero-order valence-electron chi connectivity index (χ0n) is 8.61. The van der Waals surface area contributed by atoms with Crippen molar-refractivity contribution >= 4 is 33.1 Å². The fourth-order valence-electron chi connectivity index (χ4n) is 1.31.